The number of hydrogen-bond donors (Lipinski definition) is 2. The summed E-state index contributed by atoms with van der Waals surface area (Å²) >= 11 is 0. The van der Waals surface area contributed by atoms with Crippen LogP contribution in [0.15, 0.2) is 18.2 Å². The van der Waals surface area contributed by atoms with Gasteiger partial charge in [0.15, 0.2) is 0 Å². The lowest BCUT2D eigenvalue weighted by Gasteiger charge is -2.21. The second kappa shape index (κ2) is 7.78. The zero-order valence-electron chi connectivity index (χ0n) is 13.4. The van der Waals surface area contributed by atoms with Gasteiger partial charge in [-0.3, -0.25) is 0 Å². The average molecular weight is 292 g/mol. The van der Waals surface area contributed by atoms with Crippen molar-refractivity contribution in [2.45, 2.75) is 38.8 Å². The SMILES string of the molecule is Cc1ccc(OCC(O)CNCC2CCCN2C)c(C)c1. The quantitative estimate of drug-likeness (QED) is 0.803. The van der Waals surface area contributed by atoms with Crippen LogP contribution in [0.4, 0.5) is 0 Å². The van der Waals surface area contributed by atoms with Gasteiger partial charge in [-0.05, 0) is 51.9 Å². The van der Waals surface area contributed by atoms with Gasteiger partial charge in [0.1, 0.15) is 18.5 Å². The van der Waals surface area contributed by atoms with Crippen LogP contribution in [0.1, 0.15) is 24.0 Å². The maximum Gasteiger partial charge on any atom is 0.122 e. The molecule has 1 aliphatic heterocycles. The highest BCUT2D eigenvalue weighted by molar-refractivity contribution is 5.35. The lowest BCUT2D eigenvalue weighted by atomic mass is 10.1. The number of ether oxygens (including phenoxy) is 1. The number of rotatable bonds is 7. The first-order valence-electron chi connectivity index (χ1n) is 7.85. The van der Waals surface area contributed by atoms with E-state index < -0.39 is 6.10 Å². The summed E-state index contributed by atoms with van der Waals surface area (Å²) in [7, 11) is 2.17. The van der Waals surface area contributed by atoms with E-state index in [0.29, 0.717) is 19.2 Å². The molecular weight excluding hydrogens is 264 g/mol. The third kappa shape index (κ3) is 4.99. The zero-order valence-corrected chi connectivity index (χ0v) is 13.4. The molecule has 0 amide bonds. The molecule has 1 heterocycles. The number of likely N-dealkylation sites (N-methyl/N-ethyl adjacent to an activating group) is 1. The molecule has 1 aromatic carbocycles. The summed E-state index contributed by atoms with van der Waals surface area (Å²) in [6.07, 6.45) is 2.05. The Morgan fingerprint density at radius 2 is 2.24 bits per heavy atom. The first kappa shape index (κ1) is 16.3. The van der Waals surface area contributed by atoms with Gasteiger partial charge in [-0.1, -0.05) is 17.7 Å². The molecule has 1 aromatic rings. The van der Waals surface area contributed by atoms with Gasteiger partial charge < -0.3 is 20.1 Å². The fourth-order valence-electron chi connectivity index (χ4n) is 2.86. The van der Waals surface area contributed by atoms with Crippen LogP contribution in [0, 0.1) is 13.8 Å². The summed E-state index contributed by atoms with van der Waals surface area (Å²) < 4.78 is 5.70. The van der Waals surface area contributed by atoms with Gasteiger partial charge in [0.25, 0.3) is 0 Å². The largest absolute Gasteiger partial charge is 0.491 e. The van der Waals surface area contributed by atoms with Crippen molar-refractivity contribution in [2.75, 3.05) is 33.3 Å². The first-order valence-corrected chi connectivity index (χ1v) is 7.85. The summed E-state index contributed by atoms with van der Waals surface area (Å²) in [5, 5.41) is 13.3. The Morgan fingerprint density at radius 1 is 1.43 bits per heavy atom. The van der Waals surface area contributed by atoms with Gasteiger partial charge in [0.2, 0.25) is 0 Å². The Bertz CT molecular complexity index is 450. The topological polar surface area (TPSA) is 44.7 Å². The molecule has 4 heteroatoms. The van der Waals surface area contributed by atoms with E-state index in [1.165, 1.54) is 24.9 Å². The number of nitrogens with zero attached hydrogens (tertiary/aromatic N) is 1. The van der Waals surface area contributed by atoms with E-state index >= 15 is 0 Å². The Hall–Kier alpha value is -1.10. The molecule has 2 atom stereocenters. The molecule has 0 spiro atoms. The van der Waals surface area contributed by atoms with E-state index in [1.54, 1.807) is 0 Å². The number of likely N-dealkylation sites (tertiary alicyclic amines) is 1. The summed E-state index contributed by atoms with van der Waals surface area (Å²) in [5.74, 6) is 0.857. The maximum atomic E-state index is 9.99. The highest BCUT2D eigenvalue weighted by atomic mass is 16.5. The van der Waals surface area contributed by atoms with Crippen molar-refractivity contribution >= 4 is 0 Å². The smallest absolute Gasteiger partial charge is 0.122 e. The predicted octanol–water partition coefficient (Wildman–Crippen LogP) is 1.73. The molecule has 1 saturated heterocycles. The zero-order chi connectivity index (χ0) is 15.2. The highest BCUT2D eigenvalue weighted by Gasteiger charge is 2.20. The summed E-state index contributed by atoms with van der Waals surface area (Å²) in [5.41, 5.74) is 2.34. The molecule has 2 unspecified atom stereocenters. The molecule has 0 aliphatic carbocycles. The number of hydrogen-bond acceptors (Lipinski definition) is 4. The first-order chi connectivity index (χ1) is 10.1. The lowest BCUT2D eigenvalue weighted by molar-refractivity contribution is 0.104. The van der Waals surface area contributed by atoms with E-state index in [9.17, 15) is 5.11 Å². The van der Waals surface area contributed by atoms with Crippen molar-refractivity contribution in [3.8, 4) is 5.75 Å². The Morgan fingerprint density at radius 3 is 2.90 bits per heavy atom. The molecule has 2 rings (SSSR count). The number of aliphatic hydroxyl groups excluding tert-OH is 1. The van der Waals surface area contributed by atoms with Crippen LogP contribution in [-0.4, -0.2) is 55.4 Å². The van der Waals surface area contributed by atoms with Gasteiger partial charge in [0.05, 0.1) is 0 Å². The minimum atomic E-state index is -0.475. The minimum Gasteiger partial charge on any atom is -0.491 e. The molecule has 0 aromatic heterocycles. The fourth-order valence-corrected chi connectivity index (χ4v) is 2.86. The van der Waals surface area contributed by atoms with Crippen LogP contribution in [-0.2, 0) is 0 Å². The fraction of sp³-hybridized carbons (Fsp3) is 0.647. The van der Waals surface area contributed by atoms with Gasteiger partial charge in [-0.15, -0.1) is 0 Å². The van der Waals surface area contributed by atoms with Crippen molar-refractivity contribution in [3.63, 3.8) is 0 Å². The van der Waals surface area contributed by atoms with Crippen LogP contribution in [0.25, 0.3) is 0 Å². The van der Waals surface area contributed by atoms with Crippen LogP contribution >= 0.6 is 0 Å². The van der Waals surface area contributed by atoms with E-state index in [-0.39, 0.29) is 0 Å². The van der Waals surface area contributed by atoms with Crippen LogP contribution in [0.5, 0.6) is 5.75 Å². The second-order valence-corrected chi connectivity index (χ2v) is 6.17. The Kier molecular flexibility index (Phi) is 6.03. The minimum absolute atomic E-state index is 0.331. The summed E-state index contributed by atoms with van der Waals surface area (Å²) in [6.45, 7) is 7.13. The maximum absolute atomic E-state index is 9.99. The normalized spacial score (nSPS) is 20.7. The third-order valence-electron chi connectivity index (χ3n) is 4.19. The van der Waals surface area contributed by atoms with Gasteiger partial charge >= 0.3 is 0 Å². The average Bonchev–Trinajstić information content (AvgIpc) is 2.83. The number of benzene rings is 1. The van der Waals surface area contributed by atoms with Gasteiger partial charge in [-0.25, -0.2) is 0 Å². The van der Waals surface area contributed by atoms with Crippen molar-refractivity contribution in [1.29, 1.82) is 0 Å². The number of aryl methyl sites for hydroxylation is 2. The highest BCUT2D eigenvalue weighted by Crippen LogP contribution is 2.18. The Labute approximate surface area is 128 Å². The van der Waals surface area contributed by atoms with Crippen LogP contribution in [0.3, 0.4) is 0 Å². The molecule has 1 aliphatic rings. The van der Waals surface area contributed by atoms with E-state index in [4.69, 9.17) is 4.74 Å². The van der Waals surface area contributed by atoms with Gasteiger partial charge in [-0.2, -0.15) is 0 Å². The predicted molar refractivity (Wildman–Crippen MR) is 85.9 cm³/mol. The van der Waals surface area contributed by atoms with Gasteiger partial charge in [0, 0.05) is 19.1 Å². The standard InChI is InChI=1S/C17H28N2O2/c1-13-6-7-17(14(2)9-13)21-12-16(20)11-18-10-15-5-4-8-19(15)3/h6-7,9,15-16,18,20H,4-5,8,10-12H2,1-3H3. The van der Waals surface area contributed by atoms with Crippen molar-refractivity contribution in [1.82, 2.24) is 10.2 Å². The van der Waals surface area contributed by atoms with Crippen LogP contribution in [0.2, 0.25) is 0 Å². The Balaban J connectivity index is 1.66. The monoisotopic (exact) mass is 292 g/mol. The molecular formula is C17H28N2O2. The lowest BCUT2D eigenvalue weighted by Crippen LogP contribution is -2.39. The molecule has 0 radical (unpaired) electrons. The molecule has 2 N–H and O–H groups in total. The molecule has 118 valence electrons. The second-order valence-electron chi connectivity index (χ2n) is 6.17. The molecule has 0 saturated carbocycles. The summed E-state index contributed by atoms with van der Waals surface area (Å²) in [6, 6.07) is 6.70. The van der Waals surface area contributed by atoms with E-state index in [0.717, 1.165) is 17.9 Å². The third-order valence-corrected chi connectivity index (χ3v) is 4.19. The van der Waals surface area contributed by atoms with Crippen molar-refractivity contribution < 1.29 is 9.84 Å². The van der Waals surface area contributed by atoms with Crippen molar-refractivity contribution in [3.05, 3.63) is 29.3 Å². The summed E-state index contributed by atoms with van der Waals surface area (Å²) in [4.78, 5) is 2.38. The molecule has 0 bridgehead atoms. The van der Waals surface area contributed by atoms with E-state index in [1.807, 2.05) is 19.1 Å². The molecule has 1 fully saturated rings. The van der Waals surface area contributed by atoms with Crippen LogP contribution < -0.4 is 10.1 Å². The van der Waals surface area contributed by atoms with Crippen molar-refractivity contribution in [2.24, 2.45) is 0 Å². The number of aliphatic hydroxyl groups is 1. The molecule has 21 heavy (non-hydrogen) atoms. The van der Waals surface area contributed by atoms with E-state index in [2.05, 4.69) is 30.3 Å². The molecule has 4 nitrogen and oxygen atoms in total. The number of nitrogens with one attached hydrogen (secondary N) is 1.